The molecule has 1 aromatic rings. The van der Waals surface area contributed by atoms with Crippen molar-refractivity contribution >= 4 is 35.7 Å². The number of hydrogen-bond donors (Lipinski definition) is 4. The van der Waals surface area contributed by atoms with Crippen molar-refractivity contribution in [1.29, 1.82) is 0 Å². The van der Waals surface area contributed by atoms with Crippen LogP contribution in [0, 0.1) is 11.8 Å². The molecule has 27 heavy (non-hydrogen) atoms. The van der Waals surface area contributed by atoms with E-state index in [9.17, 15) is 28.8 Å². The van der Waals surface area contributed by atoms with Gasteiger partial charge in [0.1, 0.15) is 11.8 Å². The molecule has 1 aromatic carbocycles. The number of barbiturate groups is 2. The van der Waals surface area contributed by atoms with Gasteiger partial charge in [-0.2, -0.15) is 0 Å². The van der Waals surface area contributed by atoms with E-state index in [1.807, 2.05) is 35.1 Å². The Morgan fingerprint density at radius 1 is 0.630 bits per heavy atom. The van der Waals surface area contributed by atoms with Crippen molar-refractivity contribution in [2.24, 2.45) is 11.8 Å². The lowest BCUT2D eigenvalue weighted by Crippen LogP contribution is -2.62. The normalized spacial score (nSPS) is 18.2. The minimum absolute atomic E-state index is 0.358. The number of rotatable bonds is 3. The van der Waals surface area contributed by atoms with Crippen LogP contribution in [0.1, 0.15) is 25.3 Å². The molecule has 0 aromatic heterocycles. The quantitative estimate of drug-likeness (QED) is 0.536. The Morgan fingerprint density at radius 3 is 1.30 bits per heavy atom. The molecule has 0 saturated carbocycles. The minimum Gasteiger partial charge on any atom is -0.277 e. The van der Waals surface area contributed by atoms with Crippen LogP contribution in [0.3, 0.4) is 0 Å². The van der Waals surface area contributed by atoms with E-state index in [-0.39, 0.29) is 0 Å². The van der Waals surface area contributed by atoms with E-state index >= 15 is 0 Å². The van der Waals surface area contributed by atoms with Crippen LogP contribution in [-0.4, -0.2) is 35.7 Å². The second-order valence-corrected chi connectivity index (χ2v) is 5.51. The highest BCUT2D eigenvalue weighted by Gasteiger charge is 2.50. The fraction of sp³-hybridized carbons (Fsp3) is 0.294. The molecule has 3 rings (SSSR count). The number of amides is 8. The fourth-order valence-electron chi connectivity index (χ4n) is 2.96. The molecule has 2 fully saturated rings. The first-order valence-corrected chi connectivity index (χ1v) is 8.25. The Hall–Kier alpha value is -3.56. The van der Waals surface area contributed by atoms with Crippen LogP contribution < -0.4 is 21.3 Å². The number of carbonyl (C=O) groups is 6. The summed E-state index contributed by atoms with van der Waals surface area (Å²) in [6.07, 6.45) is 0. The van der Waals surface area contributed by atoms with Crippen molar-refractivity contribution < 1.29 is 28.8 Å². The lowest BCUT2D eigenvalue weighted by atomic mass is 9.74. The lowest BCUT2D eigenvalue weighted by molar-refractivity contribution is -0.141. The largest absolute Gasteiger partial charge is 0.328 e. The van der Waals surface area contributed by atoms with E-state index < -0.39 is 53.4 Å². The number of carbonyl (C=O) groups excluding carboxylic acids is 6. The van der Waals surface area contributed by atoms with Crippen molar-refractivity contribution in [2.45, 2.75) is 19.8 Å². The fourth-order valence-corrected chi connectivity index (χ4v) is 2.96. The second kappa shape index (κ2) is 8.21. The zero-order chi connectivity index (χ0) is 20.1. The Morgan fingerprint density at radius 2 is 0.963 bits per heavy atom. The zero-order valence-electron chi connectivity index (χ0n) is 14.6. The van der Waals surface area contributed by atoms with E-state index in [2.05, 4.69) is 0 Å². The van der Waals surface area contributed by atoms with Gasteiger partial charge in [0.2, 0.25) is 23.6 Å². The van der Waals surface area contributed by atoms with Crippen LogP contribution in [0.2, 0.25) is 0 Å². The molecule has 4 N–H and O–H groups in total. The molecule has 142 valence electrons. The van der Waals surface area contributed by atoms with Gasteiger partial charge in [0.05, 0.1) is 0 Å². The van der Waals surface area contributed by atoms with Gasteiger partial charge in [-0.3, -0.25) is 40.4 Å². The van der Waals surface area contributed by atoms with Crippen LogP contribution in [0.4, 0.5) is 9.59 Å². The Labute approximate surface area is 154 Å². The molecular formula is C17H18N4O6. The number of nitrogens with one attached hydrogen (secondary N) is 4. The second-order valence-electron chi connectivity index (χ2n) is 5.51. The standard InChI is InChI=1S/C15H12N4O6.C2H6/c20-10-8(11(21)17-14(24)16-10)7(6-4-2-1-3-5-6)9-12(22)18-15(25)19-13(9)23;1-2/h1-5,7-9H,(H2,16,17,20,21,24)(H2,18,19,22,23,25);1-2H3. The predicted octanol–water partition coefficient (Wildman–Crippen LogP) is -0.239. The van der Waals surface area contributed by atoms with Crippen molar-refractivity contribution in [2.75, 3.05) is 0 Å². The van der Waals surface area contributed by atoms with Gasteiger partial charge in [0.25, 0.3) is 0 Å². The summed E-state index contributed by atoms with van der Waals surface area (Å²) in [4.78, 5) is 71.4. The molecule has 8 amide bonds. The molecule has 10 heteroatoms. The molecule has 2 heterocycles. The summed E-state index contributed by atoms with van der Waals surface area (Å²) in [5.41, 5.74) is 0.358. The Kier molecular flexibility index (Phi) is 6.01. The molecule has 2 saturated heterocycles. The molecular weight excluding hydrogens is 356 g/mol. The number of imide groups is 4. The summed E-state index contributed by atoms with van der Waals surface area (Å²) in [6.45, 7) is 4.00. The maximum atomic E-state index is 12.2. The summed E-state index contributed by atoms with van der Waals surface area (Å²) >= 11 is 0. The first-order chi connectivity index (χ1) is 12.9. The van der Waals surface area contributed by atoms with Crippen molar-refractivity contribution in [3.8, 4) is 0 Å². The van der Waals surface area contributed by atoms with Gasteiger partial charge >= 0.3 is 12.1 Å². The van der Waals surface area contributed by atoms with Gasteiger partial charge in [-0.05, 0) is 5.56 Å². The Balaban J connectivity index is 0.00000126. The number of hydrogen-bond acceptors (Lipinski definition) is 6. The highest BCUT2D eigenvalue weighted by atomic mass is 16.2. The summed E-state index contributed by atoms with van der Waals surface area (Å²) in [7, 11) is 0. The smallest absolute Gasteiger partial charge is 0.277 e. The topological polar surface area (TPSA) is 151 Å². The molecule has 0 spiro atoms. The van der Waals surface area contributed by atoms with E-state index in [1.54, 1.807) is 30.3 Å². The first kappa shape index (κ1) is 19.8. The molecule has 10 nitrogen and oxygen atoms in total. The van der Waals surface area contributed by atoms with Crippen LogP contribution in [0.5, 0.6) is 0 Å². The highest BCUT2D eigenvalue weighted by molar-refractivity contribution is 6.20. The highest BCUT2D eigenvalue weighted by Crippen LogP contribution is 2.35. The first-order valence-electron chi connectivity index (χ1n) is 8.25. The summed E-state index contributed by atoms with van der Waals surface area (Å²) < 4.78 is 0. The third-order valence-electron chi connectivity index (χ3n) is 3.98. The molecule has 0 atom stereocenters. The summed E-state index contributed by atoms with van der Waals surface area (Å²) in [5, 5.41) is 7.79. The molecule has 2 aliphatic heterocycles. The molecule has 2 aliphatic rings. The van der Waals surface area contributed by atoms with Crippen molar-refractivity contribution in [3.63, 3.8) is 0 Å². The van der Waals surface area contributed by atoms with Crippen LogP contribution in [0.25, 0.3) is 0 Å². The monoisotopic (exact) mass is 374 g/mol. The van der Waals surface area contributed by atoms with Gasteiger partial charge in [0, 0.05) is 5.92 Å². The van der Waals surface area contributed by atoms with Crippen LogP contribution in [-0.2, 0) is 19.2 Å². The van der Waals surface area contributed by atoms with Gasteiger partial charge in [-0.1, -0.05) is 44.2 Å². The molecule has 0 aliphatic carbocycles. The van der Waals surface area contributed by atoms with Crippen LogP contribution in [0.15, 0.2) is 30.3 Å². The average Bonchev–Trinajstić information content (AvgIpc) is 2.61. The van der Waals surface area contributed by atoms with E-state index in [1.165, 1.54) is 0 Å². The van der Waals surface area contributed by atoms with E-state index in [0.29, 0.717) is 5.56 Å². The van der Waals surface area contributed by atoms with E-state index in [4.69, 9.17) is 0 Å². The van der Waals surface area contributed by atoms with Crippen LogP contribution >= 0.6 is 0 Å². The minimum atomic E-state index is -1.50. The molecule has 0 unspecified atom stereocenters. The maximum absolute atomic E-state index is 12.2. The lowest BCUT2D eigenvalue weighted by Gasteiger charge is -2.34. The number of urea groups is 2. The van der Waals surface area contributed by atoms with Crippen molar-refractivity contribution in [3.05, 3.63) is 35.9 Å². The van der Waals surface area contributed by atoms with Crippen molar-refractivity contribution in [1.82, 2.24) is 21.3 Å². The van der Waals surface area contributed by atoms with Gasteiger partial charge in [0.15, 0.2) is 0 Å². The predicted molar refractivity (Wildman–Crippen MR) is 90.9 cm³/mol. The SMILES string of the molecule is CC.O=C1NC(=O)C(C(c2ccccc2)C2C(=O)NC(=O)NC2=O)C(=O)N1. The third kappa shape index (κ3) is 4.00. The maximum Gasteiger partial charge on any atom is 0.328 e. The average molecular weight is 374 g/mol. The zero-order valence-corrected chi connectivity index (χ0v) is 14.6. The Bertz CT molecular complexity index is 719. The third-order valence-corrected chi connectivity index (χ3v) is 3.98. The molecule has 0 radical (unpaired) electrons. The van der Waals surface area contributed by atoms with Gasteiger partial charge in [-0.15, -0.1) is 0 Å². The summed E-state index contributed by atoms with van der Waals surface area (Å²) in [6, 6.07) is 6.01. The number of benzene rings is 1. The van der Waals surface area contributed by atoms with Gasteiger partial charge in [-0.25, -0.2) is 9.59 Å². The van der Waals surface area contributed by atoms with Gasteiger partial charge < -0.3 is 0 Å². The molecule has 0 bridgehead atoms. The summed E-state index contributed by atoms with van der Waals surface area (Å²) in [5.74, 6) is -7.94. The van der Waals surface area contributed by atoms with E-state index in [0.717, 1.165) is 0 Å².